The normalized spacial score (nSPS) is 11.9. The van der Waals surface area contributed by atoms with Gasteiger partial charge in [-0.1, -0.05) is 11.3 Å². The molecule has 6 nitrogen and oxygen atoms in total. The molecule has 0 aliphatic rings. The topological polar surface area (TPSA) is 72.2 Å². The third kappa shape index (κ3) is 2.84. The van der Waals surface area contributed by atoms with Gasteiger partial charge < -0.3 is 5.32 Å². The van der Waals surface area contributed by atoms with Gasteiger partial charge in [0, 0.05) is 6.07 Å². The van der Waals surface area contributed by atoms with Crippen LogP contribution >= 0.6 is 11.3 Å². The van der Waals surface area contributed by atoms with Crippen molar-refractivity contribution in [3.63, 3.8) is 0 Å². The SMILES string of the molecule is O=C(Nc1ccc(F)cc1F)c1nn2c(C(F)(F)F)nnc2s1. The van der Waals surface area contributed by atoms with Crippen molar-refractivity contribution in [2.24, 2.45) is 0 Å². The van der Waals surface area contributed by atoms with Crippen molar-refractivity contribution in [1.82, 2.24) is 19.8 Å². The second-order valence-corrected chi connectivity index (χ2v) is 5.16. The lowest BCUT2D eigenvalue weighted by atomic mass is 10.3. The Morgan fingerprint density at radius 2 is 1.96 bits per heavy atom. The van der Waals surface area contributed by atoms with Crippen LogP contribution in [-0.4, -0.2) is 25.7 Å². The molecule has 12 heteroatoms. The largest absolute Gasteiger partial charge is 0.453 e. The predicted octanol–water partition coefficient (Wildman–Crippen LogP) is 2.74. The Bertz CT molecular complexity index is 902. The van der Waals surface area contributed by atoms with Gasteiger partial charge in [-0.15, -0.1) is 15.3 Å². The summed E-state index contributed by atoms with van der Waals surface area (Å²) in [7, 11) is 0. The number of anilines is 1. The first-order chi connectivity index (χ1) is 10.8. The zero-order valence-electron chi connectivity index (χ0n) is 10.7. The number of amides is 1. The summed E-state index contributed by atoms with van der Waals surface area (Å²) in [5.74, 6) is -4.21. The van der Waals surface area contributed by atoms with Crippen molar-refractivity contribution in [3.8, 4) is 0 Å². The van der Waals surface area contributed by atoms with E-state index in [1.165, 1.54) is 0 Å². The highest BCUT2D eigenvalue weighted by Crippen LogP contribution is 2.29. The number of hydrogen-bond acceptors (Lipinski definition) is 5. The number of nitrogens with zero attached hydrogens (tertiary/aromatic N) is 4. The van der Waals surface area contributed by atoms with Crippen LogP contribution in [0.5, 0.6) is 0 Å². The second-order valence-electron chi connectivity index (χ2n) is 4.20. The number of fused-ring (bicyclic) bond motifs is 1. The van der Waals surface area contributed by atoms with Gasteiger partial charge in [0.1, 0.15) is 11.6 Å². The van der Waals surface area contributed by atoms with Crippen molar-refractivity contribution in [1.29, 1.82) is 0 Å². The molecule has 0 saturated heterocycles. The summed E-state index contributed by atoms with van der Waals surface area (Å²) in [6, 6.07) is 2.44. The molecule has 0 fully saturated rings. The van der Waals surface area contributed by atoms with Gasteiger partial charge in [0.25, 0.3) is 11.7 Å². The van der Waals surface area contributed by atoms with Gasteiger partial charge in [-0.2, -0.15) is 17.7 Å². The van der Waals surface area contributed by atoms with Crippen LogP contribution in [-0.2, 0) is 6.18 Å². The Balaban J connectivity index is 1.91. The lowest BCUT2D eigenvalue weighted by Crippen LogP contribution is -2.15. The van der Waals surface area contributed by atoms with Crippen LogP contribution in [0, 0.1) is 11.6 Å². The van der Waals surface area contributed by atoms with Crippen molar-refractivity contribution in [2.45, 2.75) is 6.18 Å². The van der Waals surface area contributed by atoms with Crippen LogP contribution in [0.4, 0.5) is 27.6 Å². The Kier molecular flexibility index (Phi) is 3.47. The minimum Gasteiger partial charge on any atom is -0.317 e. The average Bonchev–Trinajstić information content (AvgIpc) is 3.00. The number of carbonyl (C=O) groups is 1. The fourth-order valence-electron chi connectivity index (χ4n) is 1.65. The van der Waals surface area contributed by atoms with Gasteiger partial charge in [-0.3, -0.25) is 4.79 Å². The number of halogens is 5. The summed E-state index contributed by atoms with van der Waals surface area (Å²) >= 11 is 0.540. The molecule has 0 atom stereocenters. The smallest absolute Gasteiger partial charge is 0.317 e. The van der Waals surface area contributed by atoms with Crippen molar-refractivity contribution >= 4 is 27.9 Å². The average molecular weight is 349 g/mol. The van der Waals surface area contributed by atoms with Crippen LogP contribution < -0.4 is 5.32 Å². The number of rotatable bonds is 2. The van der Waals surface area contributed by atoms with Gasteiger partial charge in [-0.05, 0) is 12.1 Å². The van der Waals surface area contributed by atoms with Crippen LogP contribution in [0.3, 0.4) is 0 Å². The van der Waals surface area contributed by atoms with Gasteiger partial charge in [0.05, 0.1) is 5.69 Å². The highest BCUT2D eigenvalue weighted by molar-refractivity contribution is 7.18. The van der Waals surface area contributed by atoms with Gasteiger partial charge in [0.15, 0.2) is 0 Å². The number of benzene rings is 1. The molecule has 1 amide bonds. The standard InChI is InChI=1S/C11H4F5N5OS/c12-4-1-2-6(5(13)3-4)17-7(22)8-20-21-9(11(14,15)16)18-19-10(21)23-8/h1-3H,(H,17,22). The van der Waals surface area contributed by atoms with Crippen LogP contribution in [0.15, 0.2) is 18.2 Å². The lowest BCUT2D eigenvalue weighted by molar-refractivity contribution is -0.146. The molecule has 3 rings (SSSR count). The number of nitrogens with one attached hydrogen (secondary N) is 1. The summed E-state index contributed by atoms with van der Waals surface area (Å²) < 4.78 is 64.6. The van der Waals surface area contributed by atoms with E-state index in [1.54, 1.807) is 0 Å². The van der Waals surface area contributed by atoms with Crippen LogP contribution in [0.2, 0.25) is 0 Å². The molecule has 1 N–H and O–H groups in total. The molecule has 0 unspecified atom stereocenters. The highest BCUT2D eigenvalue weighted by atomic mass is 32.1. The summed E-state index contributed by atoms with van der Waals surface area (Å²) in [5.41, 5.74) is -0.335. The van der Waals surface area contributed by atoms with E-state index in [0.29, 0.717) is 21.9 Å². The maximum atomic E-state index is 13.4. The summed E-state index contributed by atoms with van der Waals surface area (Å²) in [4.78, 5) is 11.7. The third-order valence-corrected chi connectivity index (χ3v) is 3.52. The molecule has 0 radical (unpaired) electrons. The zero-order valence-corrected chi connectivity index (χ0v) is 11.5. The van der Waals surface area contributed by atoms with E-state index in [2.05, 4.69) is 20.6 Å². The minimum absolute atomic E-state index is 0.248. The lowest BCUT2D eigenvalue weighted by Gasteiger charge is -2.04. The molecule has 120 valence electrons. The van der Waals surface area contributed by atoms with E-state index in [1.807, 2.05) is 0 Å². The Morgan fingerprint density at radius 3 is 2.61 bits per heavy atom. The predicted molar refractivity (Wildman–Crippen MR) is 68.0 cm³/mol. The molecule has 2 heterocycles. The fourth-order valence-corrected chi connectivity index (χ4v) is 2.39. The quantitative estimate of drug-likeness (QED) is 0.722. The number of aromatic nitrogens is 4. The maximum absolute atomic E-state index is 13.4. The minimum atomic E-state index is -4.79. The highest BCUT2D eigenvalue weighted by Gasteiger charge is 2.38. The molecular weight excluding hydrogens is 345 g/mol. The molecule has 0 aliphatic carbocycles. The van der Waals surface area contributed by atoms with E-state index in [-0.39, 0.29) is 15.7 Å². The number of alkyl halides is 3. The van der Waals surface area contributed by atoms with Gasteiger partial charge >= 0.3 is 6.18 Å². The first kappa shape index (κ1) is 15.3. The Morgan fingerprint density at radius 1 is 1.22 bits per heavy atom. The zero-order chi connectivity index (χ0) is 16.8. The fraction of sp³-hybridized carbons (Fsp3) is 0.0909. The van der Waals surface area contributed by atoms with E-state index >= 15 is 0 Å². The molecule has 0 aliphatic heterocycles. The van der Waals surface area contributed by atoms with E-state index < -0.39 is 29.5 Å². The molecule has 1 aromatic carbocycles. The Hall–Kier alpha value is -2.63. The summed E-state index contributed by atoms with van der Waals surface area (Å²) in [6.45, 7) is 0. The van der Waals surface area contributed by atoms with E-state index in [9.17, 15) is 26.7 Å². The summed E-state index contributed by atoms with van der Waals surface area (Å²) in [6.07, 6.45) is -4.79. The van der Waals surface area contributed by atoms with Gasteiger partial charge in [-0.25, -0.2) is 8.78 Å². The molecule has 0 saturated carbocycles. The molecular formula is C11H4F5N5OS. The third-order valence-electron chi connectivity index (χ3n) is 2.62. The van der Waals surface area contributed by atoms with E-state index in [0.717, 1.165) is 12.1 Å². The summed E-state index contributed by atoms with van der Waals surface area (Å²) in [5, 5.41) is 11.4. The molecule has 23 heavy (non-hydrogen) atoms. The van der Waals surface area contributed by atoms with Crippen molar-refractivity contribution in [2.75, 3.05) is 5.32 Å². The first-order valence-electron chi connectivity index (χ1n) is 5.81. The molecule has 2 aromatic heterocycles. The van der Waals surface area contributed by atoms with Crippen LogP contribution in [0.25, 0.3) is 4.96 Å². The molecule has 0 spiro atoms. The number of hydrogen-bond donors (Lipinski definition) is 1. The van der Waals surface area contributed by atoms with Crippen LogP contribution in [0.1, 0.15) is 15.6 Å². The van der Waals surface area contributed by atoms with Crippen molar-refractivity contribution in [3.05, 3.63) is 40.7 Å². The monoisotopic (exact) mass is 349 g/mol. The molecule has 3 aromatic rings. The molecule has 0 bridgehead atoms. The van der Waals surface area contributed by atoms with Gasteiger partial charge in [0.2, 0.25) is 9.97 Å². The first-order valence-corrected chi connectivity index (χ1v) is 6.63. The Labute approximate surface area is 127 Å². The second kappa shape index (κ2) is 5.22. The van der Waals surface area contributed by atoms with Crippen molar-refractivity contribution < 1.29 is 26.7 Å². The number of carbonyl (C=O) groups excluding carboxylic acids is 1. The van der Waals surface area contributed by atoms with E-state index in [4.69, 9.17) is 0 Å². The maximum Gasteiger partial charge on any atom is 0.453 e.